The molecular formula is C24H24N2O4S2. The van der Waals surface area contributed by atoms with Crippen molar-refractivity contribution in [3.8, 4) is 5.75 Å². The third-order valence-electron chi connectivity index (χ3n) is 4.90. The van der Waals surface area contributed by atoms with Gasteiger partial charge in [-0.15, -0.1) is 11.3 Å². The minimum atomic E-state index is -0.621. The lowest BCUT2D eigenvalue weighted by atomic mass is 9.96. The summed E-state index contributed by atoms with van der Waals surface area (Å²) in [5.74, 6) is 0.265. The fourth-order valence-electron chi connectivity index (χ4n) is 3.61. The second-order valence-electron chi connectivity index (χ2n) is 7.55. The summed E-state index contributed by atoms with van der Waals surface area (Å²) in [6, 6.07) is 10.8. The van der Waals surface area contributed by atoms with Crippen molar-refractivity contribution in [2.24, 2.45) is 4.99 Å². The van der Waals surface area contributed by atoms with E-state index < -0.39 is 12.0 Å². The molecule has 6 nitrogen and oxygen atoms in total. The van der Waals surface area contributed by atoms with E-state index >= 15 is 0 Å². The number of allylic oxidation sites excluding steroid dienone is 1. The lowest BCUT2D eigenvalue weighted by Gasteiger charge is -2.25. The lowest BCUT2D eigenvalue weighted by Crippen LogP contribution is -2.39. The lowest BCUT2D eigenvalue weighted by molar-refractivity contribution is -0.139. The van der Waals surface area contributed by atoms with E-state index in [0.29, 0.717) is 20.6 Å². The van der Waals surface area contributed by atoms with Gasteiger partial charge in [0, 0.05) is 4.88 Å². The zero-order chi connectivity index (χ0) is 22.8. The van der Waals surface area contributed by atoms with Crippen LogP contribution in [0.1, 0.15) is 44.2 Å². The van der Waals surface area contributed by atoms with E-state index in [1.165, 1.54) is 11.3 Å². The molecule has 0 fully saturated rings. The summed E-state index contributed by atoms with van der Waals surface area (Å²) in [6.45, 7) is 7.71. The zero-order valence-electron chi connectivity index (χ0n) is 18.3. The Hall–Kier alpha value is -2.97. The maximum Gasteiger partial charge on any atom is 0.338 e. The van der Waals surface area contributed by atoms with E-state index in [-0.39, 0.29) is 18.3 Å². The maximum absolute atomic E-state index is 13.5. The quantitative estimate of drug-likeness (QED) is 0.518. The topological polar surface area (TPSA) is 69.9 Å². The van der Waals surface area contributed by atoms with Gasteiger partial charge in [0.1, 0.15) is 5.75 Å². The van der Waals surface area contributed by atoms with Gasteiger partial charge in [0.15, 0.2) is 4.80 Å². The molecule has 166 valence electrons. The van der Waals surface area contributed by atoms with Crippen molar-refractivity contribution in [3.05, 3.63) is 83.2 Å². The van der Waals surface area contributed by atoms with Gasteiger partial charge in [-0.25, -0.2) is 9.79 Å². The predicted octanol–water partition coefficient (Wildman–Crippen LogP) is 3.65. The van der Waals surface area contributed by atoms with Gasteiger partial charge in [-0.2, -0.15) is 0 Å². The number of thiazole rings is 1. The van der Waals surface area contributed by atoms with Gasteiger partial charge in [0.2, 0.25) is 0 Å². The highest BCUT2D eigenvalue weighted by Crippen LogP contribution is 2.31. The number of hydrogen-bond acceptors (Lipinski definition) is 7. The largest absolute Gasteiger partial charge is 0.491 e. The molecule has 0 saturated heterocycles. The van der Waals surface area contributed by atoms with E-state index in [2.05, 4.69) is 4.99 Å². The van der Waals surface area contributed by atoms with Crippen LogP contribution >= 0.6 is 22.7 Å². The van der Waals surface area contributed by atoms with Crippen LogP contribution in [0.25, 0.3) is 6.08 Å². The van der Waals surface area contributed by atoms with Gasteiger partial charge < -0.3 is 9.47 Å². The SMILES string of the molecule is CCOC(=O)C1=C(C)N=c2sc(=Cc3cccs3)c(=O)n2[C@@H]1c1ccc(OC(C)C)cc1. The van der Waals surface area contributed by atoms with E-state index in [0.717, 1.165) is 16.2 Å². The number of carbonyl (C=O) groups excluding carboxylic acids is 1. The van der Waals surface area contributed by atoms with Crippen LogP contribution in [0, 0.1) is 0 Å². The molecular weight excluding hydrogens is 444 g/mol. The molecule has 0 bridgehead atoms. The Morgan fingerprint density at radius 2 is 2.00 bits per heavy atom. The monoisotopic (exact) mass is 468 g/mol. The van der Waals surface area contributed by atoms with E-state index in [1.54, 1.807) is 29.8 Å². The molecule has 32 heavy (non-hydrogen) atoms. The Bertz CT molecular complexity index is 1330. The molecule has 0 spiro atoms. The van der Waals surface area contributed by atoms with Crippen LogP contribution < -0.4 is 19.6 Å². The van der Waals surface area contributed by atoms with E-state index in [4.69, 9.17) is 9.47 Å². The molecule has 0 amide bonds. The molecule has 1 aliphatic rings. The Morgan fingerprint density at radius 3 is 2.62 bits per heavy atom. The second kappa shape index (κ2) is 9.26. The molecule has 1 aliphatic heterocycles. The van der Waals surface area contributed by atoms with E-state index in [9.17, 15) is 9.59 Å². The molecule has 1 aromatic carbocycles. The average Bonchev–Trinajstić information content (AvgIpc) is 3.36. The highest BCUT2D eigenvalue weighted by Gasteiger charge is 2.33. The third-order valence-corrected chi connectivity index (χ3v) is 6.70. The summed E-state index contributed by atoms with van der Waals surface area (Å²) in [4.78, 5) is 32.5. The first kappa shape index (κ1) is 22.2. The fourth-order valence-corrected chi connectivity index (χ4v) is 5.38. The number of esters is 1. The highest BCUT2D eigenvalue weighted by atomic mass is 32.1. The summed E-state index contributed by atoms with van der Waals surface area (Å²) >= 11 is 2.89. The fraction of sp³-hybridized carbons (Fsp3) is 0.292. The second-order valence-corrected chi connectivity index (χ2v) is 9.54. The first-order valence-corrected chi connectivity index (χ1v) is 12.1. The maximum atomic E-state index is 13.5. The number of fused-ring (bicyclic) bond motifs is 1. The van der Waals surface area contributed by atoms with Crippen LogP contribution in [0.15, 0.2) is 62.8 Å². The third kappa shape index (κ3) is 4.33. The zero-order valence-corrected chi connectivity index (χ0v) is 20.0. The van der Waals surface area contributed by atoms with Crippen LogP contribution in [0.3, 0.4) is 0 Å². The van der Waals surface area contributed by atoms with Gasteiger partial charge in [0.25, 0.3) is 5.56 Å². The molecule has 0 N–H and O–H groups in total. The predicted molar refractivity (Wildman–Crippen MR) is 127 cm³/mol. The number of ether oxygens (including phenoxy) is 2. The van der Waals surface area contributed by atoms with Crippen molar-refractivity contribution < 1.29 is 14.3 Å². The minimum Gasteiger partial charge on any atom is -0.491 e. The van der Waals surface area contributed by atoms with Crippen LogP contribution in [0.5, 0.6) is 5.75 Å². The molecule has 0 aliphatic carbocycles. The van der Waals surface area contributed by atoms with Crippen LogP contribution in [0.2, 0.25) is 0 Å². The Kier molecular flexibility index (Phi) is 6.43. The molecule has 0 radical (unpaired) electrons. The van der Waals surface area contributed by atoms with Gasteiger partial charge >= 0.3 is 5.97 Å². The number of thiophene rings is 1. The first-order valence-electron chi connectivity index (χ1n) is 10.4. The van der Waals surface area contributed by atoms with Crippen molar-refractivity contribution in [1.82, 2.24) is 4.57 Å². The molecule has 3 aromatic rings. The molecule has 3 heterocycles. The molecule has 2 aromatic heterocycles. The normalized spacial score (nSPS) is 16.2. The summed E-state index contributed by atoms with van der Waals surface area (Å²) < 4.78 is 13.3. The number of rotatable bonds is 6. The summed E-state index contributed by atoms with van der Waals surface area (Å²) in [5, 5.41) is 1.97. The van der Waals surface area contributed by atoms with E-state index in [1.807, 2.05) is 61.7 Å². The summed E-state index contributed by atoms with van der Waals surface area (Å²) in [6.07, 6.45) is 1.92. The molecule has 8 heteroatoms. The van der Waals surface area contributed by atoms with Gasteiger partial charge in [-0.1, -0.05) is 29.5 Å². The average molecular weight is 469 g/mol. The summed E-state index contributed by atoms with van der Waals surface area (Å²) in [7, 11) is 0. The van der Waals surface area contributed by atoms with Crippen molar-refractivity contribution >= 4 is 34.7 Å². The van der Waals surface area contributed by atoms with Crippen molar-refractivity contribution in [3.63, 3.8) is 0 Å². The van der Waals surface area contributed by atoms with Crippen molar-refractivity contribution in [2.75, 3.05) is 6.61 Å². The number of nitrogens with zero attached hydrogens (tertiary/aromatic N) is 2. The number of hydrogen-bond donors (Lipinski definition) is 0. The minimum absolute atomic E-state index is 0.0491. The number of carbonyl (C=O) groups is 1. The summed E-state index contributed by atoms with van der Waals surface area (Å²) in [5.41, 5.74) is 1.55. The molecule has 4 rings (SSSR count). The molecule has 0 saturated carbocycles. The Balaban J connectivity index is 1.89. The standard InChI is InChI=1S/C24H24N2O4S2/c1-5-29-23(28)20-15(4)25-24-26(22(27)19(32-24)13-18-7-6-12-31-18)21(20)16-8-10-17(11-9-16)30-14(2)3/h6-14,21H,5H2,1-4H3/t21-/m1/s1. The first-order chi connectivity index (χ1) is 15.4. The Morgan fingerprint density at radius 1 is 1.25 bits per heavy atom. The van der Waals surface area contributed by atoms with Crippen molar-refractivity contribution in [2.45, 2.75) is 39.8 Å². The smallest absolute Gasteiger partial charge is 0.338 e. The number of benzene rings is 1. The van der Waals surface area contributed by atoms with Gasteiger partial charge in [0.05, 0.1) is 34.6 Å². The van der Waals surface area contributed by atoms with Gasteiger partial charge in [-0.3, -0.25) is 9.36 Å². The number of aromatic nitrogens is 1. The molecule has 0 unspecified atom stereocenters. The highest BCUT2D eigenvalue weighted by molar-refractivity contribution is 7.11. The van der Waals surface area contributed by atoms with Crippen LogP contribution in [-0.4, -0.2) is 23.2 Å². The van der Waals surface area contributed by atoms with Crippen LogP contribution in [-0.2, 0) is 9.53 Å². The van der Waals surface area contributed by atoms with Crippen LogP contribution in [0.4, 0.5) is 0 Å². The van der Waals surface area contributed by atoms with Gasteiger partial charge in [-0.05, 0) is 62.9 Å². The molecule has 1 atom stereocenters. The van der Waals surface area contributed by atoms with Crippen molar-refractivity contribution in [1.29, 1.82) is 0 Å². The Labute approximate surface area is 193 Å².